The van der Waals surface area contributed by atoms with Crippen LogP contribution in [0, 0.1) is 5.41 Å². The number of guanidine groups is 1. The van der Waals surface area contributed by atoms with Crippen molar-refractivity contribution in [3.63, 3.8) is 0 Å². The van der Waals surface area contributed by atoms with Gasteiger partial charge in [0.2, 0.25) is 35.4 Å². The Morgan fingerprint density at radius 3 is 1.62 bits per heavy atom. The third-order valence-electron chi connectivity index (χ3n) is 11.7. The summed E-state index contributed by atoms with van der Waals surface area (Å²) in [5, 5.41) is 61.9. The number of halogens is 1. The number of carbonyl (C=O) groups is 7. The molecule has 6 atom stereocenters. The third kappa shape index (κ3) is 18.5. The zero-order valence-electron chi connectivity index (χ0n) is 41.0. The van der Waals surface area contributed by atoms with Crippen LogP contribution in [0.5, 0.6) is 5.75 Å². The second-order valence-electron chi connectivity index (χ2n) is 17.6. The van der Waals surface area contributed by atoms with Crippen LogP contribution in [0.15, 0.2) is 116 Å². The average Bonchev–Trinajstić information content (AvgIpc) is 3.37. The van der Waals surface area contributed by atoms with Crippen LogP contribution in [0.2, 0.25) is 5.02 Å². The Labute approximate surface area is 433 Å². The lowest BCUT2D eigenvalue weighted by Gasteiger charge is -2.27. The Morgan fingerprint density at radius 1 is 0.581 bits per heavy atom. The maximum Gasteiger partial charge on any atom is 0.326 e. The van der Waals surface area contributed by atoms with Crippen LogP contribution < -0.4 is 42.5 Å². The van der Waals surface area contributed by atoms with Gasteiger partial charge < -0.3 is 57.9 Å². The highest BCUT2D eigenvalue weighted by Gasteiger charge is 2.34. The number of amides is 6. The van der Waals surface area contributed by atoms with E-state index in [2.05, 4.69) is 47.5 Å². The maximum atomic E-state index is 14.5. The van der Waals surface area contributed by atoms with Gasteiger partial charge >= 0.3 is 5.97 Å². The number of carbonyl (C=O) groups excluding carboxylic acids is 6. The molecule has 0 spiro atoms. The van der Waals surface area contributed by atoms with Crippen LogP contribution >= 0.6 is 11.6 Å². The largest absolute Gasteiger partial charge is 0.508 e. The first-order chi connectivity index (χ1) is 35.5. The third-order valence-corrected chi connectivity index (χ3v) is 12.0. The molecule has 1 aromatic heterocycles. The molecule has 0 aliphatic heterocycles. The molecule has 0 radical (unpaired) electrons. The predicted octanol–water partition coefficient (Wildman–Crippen LogP) is 2.17. The van der Waals surface area contributed by atoms with Crippen LogP contribution in [-0.2, 0) is 59.2 Å². The second kappa shape index (κ2) is 28.8. The van der Waals surface area contributed by atoms with Gasteiger partial charge in [-0.1, -0.05) is 84.4 Å². The molecule has 392 valence electrons. The quantitative estimate of drug-likeness (QED) is 0.0204. The van der Waals surface area contributed by atoms with E-state index in [1.807, 2.05) is 49.4 Å². The number of hydrogen-bond acceptors (Lipinski definition) is 11. The van der Waals surface area contributed by atoms with Gasteiger partial charge in [0.25, 0.3) is 0 Å². The Morgan fingerprint density at radius 2 is 1.08 bits per heavy atom. The van der Waals surface area contributed by atoms with E-state index >= 15 is 0 Å². The zero-order chi connectivity index (χ0) is 53.6. The lowest BCUT2D eigenvalue weighted by Crippen LogP contribution is -2.61. The SMILES string of the molecule is CCNC(=N)NCCCC[C@@H](NC(=O)[C@H](Cc1ccc(O)cc1)NC(=O)[C@H](CO)NC(=O)[C@@H](Cc1cccnc1)NC(=O)[C@@H](Cc1ccc(Cl)cc1)NC(=O)[C@@H](Cc1ccc2ccccc2c1)NC(C)=O)C(=O)O. The van der Waals surface area contributed by atoms with Crippen molar-refractivity contribution in [3.8, 4) is 5.75 Å². The van der Waals surface area contributed by atoms with Crippen molar-refractivity contribution in [1.29, 1.82) is 5.41 Å². The monoisotopic (exact) mass is 1030 g/mol. The number of fused-ring (bicyclic) bond motifs is 1. The van der Waals surface area contributed by atoms with E-state index in [-0.39, 0.29) is 43.8 Å². The zero-order valence-corrected chi connectivity index (χ0v) is 41.8. The minimum absolute atomic E-state index is 0.0159. The highest BCUT2D eigenvalue weighted by Crippen LogP contribution is 2.18. The van der Waals surface area contributed by atoms with E-state index in [0.29, 0.717) is 47.6 Å². The van der Waals surface area contributed by atoms with Crippen LogP contribution in [0.25, 0.3) is 10.8 Å². The van der Waals surface area contributed by atoms with E-state index in [1.165, 1.54) is 43.6 Å². The summed E-state index contributed by atoms with van der Waals surface area (Å²) in [5.41, 5.74) is 2.27. The number of aliphatic carboxylic acids is 1. The molecule has 0 aliphatic carbocycles. The first-order valence-electron chi connectivity index (χ1n) is 24.1. The number of phenols is 1. The molecule has 0 aliphatic rings. The number of benzene rings is 4. The molecule has 1 heterocycles. The summed E-state index contributed by atoms with van der Waals surface area (Å²) in [6.45, 7) is 3.05. The minimum atomic E-state index is -1.72. The van der Waals surface area contributed by atoms with Crippen molar-refractivity contribution in [2.75, 3.05) is 19.7 Å². The van der Waals surface area contributed by atoms with E-state index in [4.69, 9.17) is 17.0 Å². The number of carboxylic acids is 1. The van der Waals surface area contributed by atoms with Gasteiger partial charge in [0.05, 0.1) is 6.61 Å². The Bertz CT molecular complexity index is 2710. The Kier molecular flexibility index (Phi) is 22.1. The molecule has 21 heteroatoms. The van der Waals surface area contributed by atoms with Crippen molar-refractivity contribution in [2.45, 2.75) is 95.0 Å². The minimum Gasteiger partial charge on any atom is -0.508 e. The number of aromatic hydroxyl groups is 1. The van der Waals surface area contributed by atoms with E-state index in [0.717, 1.165) is 16.3 Å². The van der Waals surface area contributed by atoms with Crippen LogP contribution in [0.3, 0.4) is 0 Å². The van der Waals surface area contributed by atoms with E-state index in [1.54, 1.807) is 36.4 Å². The molecule has 0 unspecified atom stereocenters. The summed E-state index contributed by atoms with van der Waals surface area (Å²) < 4.78 is 0. The summed E-state index contributed by atoms with van der Waals surface area (Å²) >= 11 is 6.17. The fraction of sp³-hybridized carbons (Fsp3) is 0.340. The number of nitrogens with one attached hydrogen (secondary N) is 9. The number of phenolic OH excluding ortho intramolecular Hbond substituents is 1. The van der Waals surface area contributed by atoms with Crippen molar-refractivity contribution in [3.05, 3.63) is 143 Å². The highest BCUT2D eigenvalue weighted by atomic mass is 35.5. The molecule has 12 N–H and O–H groups in total. The molecule has 4 aromatic carbocycles. The molecular weight excluding hydrogens is 972 g/mol. The number of unbranched alkanes of at least 4 members (excludes halogenated alkanes) is 1. The molecule has 74 heavy (non-hydrogen) atoms. The number of carboxylic acid groups (broad SMARTS) is 1. The maximum absolute atomic E-state index is 14.5. The van der Waals surface area contributed by atoms with E-state index < -0.39 is 84.3 Å². The topological polar surface area (TPSA) is 313 Å². The van der Waals surface area contributed by atoms with Gasteiger partial charge in [0.1, 0.15) is 42.0 Å². The average molecular weight is 1040 g/mol. The smallest absolute Gasteiger partial charge is 0.326 e. The summed E-state index contributed by atoms with van der Waals surface area (Å²) in [7, 11) is 0. The fourth-order valence-corrected chi connectivity index (χ4v) is 8.03. The first kappa shape index (κ1) is 56.8. The Hall–Kier alpha value is -8.10. The summed E-state index contributed by atoms with van der Waals surface area (Å²) in [4.78, 5) is 99.7. The number of aromatic nitrogens is 1. The van der Waals surface area contributed by atoms with Gasteiger partial charge in [-0.2, -0.15) is 0 Å². The van der Waals surface area contributed by atoms with Crippen molar-refractivity contribution in [1.82, 2.24) is 47.5 Å². The summed E-state index contributed by atoms with van der Waals surface area (Å²) in [6.07, 6.45) is 3.42. The normalized spacial score (nSPS) is 13.4. The van der Waals surface area contributed by atoms with Gasteiger partial charge in [0, 0.05) is 63.1 Å². The van der Waals surface area contributed by atoms with Crippen molar-refractivity contribution in [2.24, 2.45) is 0 Å². The molecule has 6 amide bonds. The van der Waals surface area contributed by atoms with Gasteiger partial charge in [-0.05, 0) is 89.5 Å². The van der Waals surface area contributed by atoms with E-state index in [9.17, 15) is 48.9 Å². The molecule has 20 nitrogen and oxygen atoms in total. The molecule has 0 saturated carbocycles. The number of nitrogens with zero attached hydrogens (tertiary/aromatic N) is 1. The lowest BCUT2D eigenvalue weighted by molar-refractivity contribution is -0.142. The van der Waals surface area contributed by atoms with Crippen molar-refractivity contribution < 1.29 is 48.9 Å². The molecule has 5 rings (SSSR count). The number of aliphatic hydroxyl groups is 1. The van der Waals surface area contributed by atoms with Crippen LogP contribution in [-0.4, -0.2) is 124 Å². The number of pyridine rings is 1. The molecule has 0 saturated heterocycles. The first-order valence-corrected chi connectivity index (χ1v) is 24.5. The van der Waals surface area contributed by atoms with Gasteiger partial charge in [-0.15, -0.1) is 0 Å². The fourth-order valence-electron chi connectivity index (χ4n) is 7.90. The van der Waals surface area contributed by atoms with Gasteiger partial charge in [-0.25, -0.2) is 4.79 Å². The summed E-state index contributed by atoms with van der Waals surface area (Å²) in [6, 6.07) is 20.4. The predicted molar refractivity (Wildman–Crippen MR) is 278 cm³/mol. The molecule has 5 aromatic rings. The molecule has 0 bridgehead atoms. The number of rotatable bonds is 27. The van der Waals surface area contributed by atoms with Gasteiger partial charge in [-0.3, -0.25) is 39.2 Å². The van der Waals surface area contributed by atoms with Crippen LogP contribution in [0.4, 0.5) is 0 Å². The number of hydrogen-bond donors (Lipinski definition) is 12. The highest BCUT2D eigenvalue weighted by molar-refractivity contribution is 6.30. The van der Waals surface area contributed by atoms with Crippen molar-refractivity contribution >= 4 is 69.7 Å². The lowest BCUT2D eigenvalue weighted by atomic mass is 9.99. The second-order valence-corrected chi connectivity index (χ2v) is 18.0. The molecular formula is C53H63ClN10O10. The molecule has 0 fully saturated rings. The van der Waals surface area contributed by atoms with Crippen LogP contribution in [0.1, 0.15) is 55.4 Å². The Balaban J connectivity index is 1.36. The van der Waals surface area contributed by atoms with Gasteiger partial charge in [0.15, 0.2) is 5.96 Å². The summed E-state index contributed by atoms with van der Waals surface area (Å²) in [5.74, 6) is -6.14. The standard InChI is InChI=1S/C53H63ClN10O10/c1-3-57-53(55)58-24-7-6-12-41(52(73)74)60-48(69)43(27-34-16-21-40(67)22-17-34)63-51(72)46(31-65)64-50(71)45(29-36-9-8-23-56-30-36)62-49(70)44(26-33-14-19-39(54)20-15-33)61-47(68)42(59-32(2)66)28-35-13-18-37-10-4-5-11-38(37)25-35/h4-5,8-11,13-23,25,30,41-46,65,67H,3,6-7,12,24,26-29,31H2,1-2H3,(H,59,66)(H,60,69)(H,61,68)(H,62,70)(H,63,72)(H,64,71)(H,73,74)(H3,55,57,58)/t41-,42-,43+,44-,45-,46+/m1/s1. The number of aliphatic hydroxyl groups excluding tert-OH is 1.